The van der Waals surface area contributed by atoms with Gasteiger partial charge in [0, 0.05) is 6.54 Å². The van der Waals surface area contributed by atoms with Gasteiger partial charge in [-0.25, -0.2) is 4.79 Å². The van der Waals surface area contributed by atoms with Crippen LogP contribution in [-0.4, -0.2) is 29.3 Å². The predicted octanol–water partition coefficient (Wildman–Crippen LogP) is 5.46. The van der Waals surface area contributed by atoms with Gasteiger partial charge in [0.25, 0.3) is 0 Å². The average molecular weight is 440 g/mol. The van der Waals surface area contributed by atoms with Gasteiger partial charge in [0.05, 0.1) is 11.7 Å². The summed E-state index contributed by atoms with van der Waals surface area (Å²) in [5.74, 6) is -0.738. The monoisotopic (exact) mass is 439 g/mol. The smallest absolute Gasteiger partial charge is 0.335 e. The minimum absolute atomic E-state index is 0. The Labute approximate surface area is 190 Å². The molecule has 0 saturated heterocycles. The van der Waals surface area contributed by atoms with E-state index in [9.17, 15) is 15.0 Å². The number of carboxylic acid groups (broad SMARTS) is 1. The molecule has 4 nitrogen and oxygen atoms in total. The van der Waals surface area contributed by atoms with Gasteiger partial charge in [0.2, 0.25) is 0 Å². The molecule has 164 valence electrons. The summed E-state index contributed by atoms with van der Waals surface area (Å²) in [5, 5.41) is 22.9. The Balaban J connectivity index is 0.00000341. The van der Waals surface area contributed by atoms with Gasteiger partial charge in [-0.2, -0.15) is 0 Å². The quantitative estimate of drug-likeness (QED) is 0.387. The number of nitrogens with one attached hydrogen (secondary N) is 1. The van der Waals surface area contributed by atoms with Crippen LogP contribution in [0.15, 0.2) is 72.8 Å². The van der Waals surface area contributed by atoms with Crippen LogP contribution < -0.4 is 5.32 Å². The third-order valence-corrected chi connectivity index (χ3v) is 5.30. The van der Waals surface area contributed by atoms with E-state index in [1.807, 2.05) is 56.3 Å². The van der Waals surface area contributed by atoms with Crippen molar-refractivity contribution in [2.24, 2.45) is 0 Å². The van der Waals surface area contributed by atoms with Crippen molar-refractivity contribution in [2.75, 3.05) is 13.1 Å². The Kier molecular flexibility index (Phi) is 9.25. The number of aliphatic hydroxyl groups excluding tert-OH is 1. The van der Waals surface area contributed by atoms with Crippen LogP contribution in [0.3, 0.4) is 0 Å². The highest BCUT2D eigenvalue weighted by Crippen LogP contribution is 2.27. The van der Waals surface area contributed by atoms with E-state index in [4.69, 9.17) is 0 Å². The summed E-state index contributed by atoms with van der Waals surface area (Å²) in [5.41, 5.74) is 5.46. The van der Waals surface area contributed by atoms with E-state index >= 15 is 0 Å². The molecule has 0 bridgehead atoms. The fourth-order valence-electron chi connectivity index (χ4n) is 3.54. The van der Waals surface area contributed by atoms with Crippen molar-refractivity contribution in [3.05, 3.63) is 95.1 Å². The average Bonchev–Trinajstić information content (AvgIpc) is 2.77. The SMILES string of the molecule is CC(C)c1cc(-c2ccc(CCNC[C@H](O)c3ccccc3)cc2)ccc1C(=O)O.Cl. The van der Waals surface area contributed by atoms with Gasteiger partial charge in [-0.15, -0.1) is 12.4 Å². The number of aliphatic hydroxyl groups is 1. The molecule has 3 aromatic rings. The fraction of sp³-hybridized carbons (Fsp3) is 0.269. The van der Waals surface area contributed by atoms with Crippen molar-refractivity contribution in [3.8, 4) is 11.1 Å². The lowest BCUT2D eigenvalue weighted by Crippen LogP contribution is -2.23. The van der Waals surface area contributed by atoms with E-state index in [0.717, 1.165) is 35.2 Å². The molecular weight excluding hydrogens is 410 g/mol. The highest BCUT2D eigenvalue weighted by atomic mass is 35.5. The highest BCUT2D eigenvalue weighted by molar-refractivity contribution is 5.90. The first-order chi connectivity index (χ1) is 14.5. The Bertz CT molecular complexity index is 972. The summed E-state index contributed by atoms with van der Waals surface area (Å²) in [6, 6.07) is 23.6. The van der Waals surface area contributed by atoms with Gasteiger partial charge >= 0.3 is 5.97 Å². The predicted molar refractivity (Wildman–Crippen MR) is 128 cm³/mol. The van der Waals surface area contributed by atoms with E-state index in [1.54, 1.807) is 6.07 Å². The van der Waals surface area contributed by atoms with Gasteiger partial charge < -0.3 is 15.5 Å². The molecule has 0 heterocycles. The lowest BCUT2D eigenvalue weighted by atomic mass is 9.92. The van der Waals surface area contributed by atoms with Gasteiger partial charge in [0.1, 0.15) is 0 Å². The second kappa shape index (κ2) is 11.7. The number of hydrogen-bond acceptors (Lipinski definition) is 3. The van der Waals surface area contributed by atoms with Crippen LogP contribution in [0.25, 0.3) is 11.1 Å². The zero-order chi connectivity index (χ0) is 21.5. The molecule has 0 aromatic heterocycles. The number of benzene rings is 3. The summed E-state index contributed by atoms with van der Waals surface area (Å²) in [6.07, 6.45) is 0.370. The topological polar surface area (TPSA) is 69.6 Å². The van der Waals surface area contributed by atoms with Gasteiger partial charge in [-0.3, -0.25) is 0 Å². The molecule has 3 rings (SSSR count). The maximum Gasteiger partial charge on any atom is 0.335 e. The fourth-order valence-corrected chi connectivity index (χ4v) is 3.54. The molecular formula is C26H30ClNO3. The summed E-state index contributed by atoms with van der Waals surface area (Å²) in [4.78, 5) is 11.4. The summed E-state index contributed by atoms with van der Waals surface area (Å²) < 4.78 is 0. The van der Waals surface area contributed by atoms with Crippen LogP contribution in [-0.2, 0) is 6.42 Å². The van der Waals surface area contributed by atoms with Crippen LogP contribution in [0.4, 0.5) is 0 Å². The Morgan fingerprint density at radius 2 is 1.58 bits per heavy atom. The zero-order valence-corrected chi connectivity index (χ0v) is 18.7. The third kappa shape index (κ3) is 6.66. The molecule has 0 amide bonds. The number of aromatic carboxylic acids is 1. The molecule has 0 radical (unpaired) electrons. The van der Waals surface area contributed by atoms with Gasteiger partial charge in [-0.05, 0) is 52.8 Å². The maximum absolute atomic E-state index is 11.4. The van der Waals surface area contributed by atoms with Crippen molar-refractivity contribution >= 4 is 18.4 Å². The first kappa shape index (κ1) is 24.6. The lowest BCUT2D eigenvalue weighted by Gasteiger charge is -2.13. The minimum Gasteiger partial charge on any atom is -0.478 e. The van der Waals surface area contributed by atoms with Crippen molar-refractivity contribution in [1.29, 1.82) is 0 Å². The van der Waals surface area contributed by atoms with Gasteiger partial charge in [-0.1, -0.05) is 80.6 Å². The summed E-state index contributed by atoms with van der Waals surface area (Å²) in [6.45, 7) is 5.33. The molecule has 0 aliphatic rings. The van der Waals surface area contributed by atoms with E-state index in [1.165, 1.54) is 5.56 Å². The maximum atomic E-state index is 11.4. The lowest BCUT2D eigenvalue weighted by molar-refractivity contribution is 0.0695. The molecule has 3 aromatic carbocycles. The first-order valence-electron chi connectivity index (χ1n) is 10.4. The molecule has 0 spiro atoms. The number of carbonyl (C=O) groups is 1. The first-order valence-corrected chi connectivity index (χ1v) is 10.4. The van der Waals surface area contributed by atoms with E-state index in [-0.39, 0.29) is 18.3 Å². The molecule has 0 saturated carbocycles. The largest absolute Gasteiger partial charge is 0.478 e. The van der Waals surface area contributed by atoms with E-state index in [2.05, 4.69) is 29.6 Å². The molecule has 0 aliphatic carbocycles. The molecule has 3 N–H and O–H groups in total. The van der Waals surface area contributed by atoms with E-state index < -0.39 is 12.1 Å². The second-order valence-electron chi connectivity index (χ2n) is 7.84. The van der Waals surface area contributed by atoms with Crippen molar-refractivity contribution in [1.82, 2.24) is 5.32 Å². The van der Waals surface area contributed by atoms with Crippen molar-refractivity contribution < 1.29 is 15.0 Å². The van der Waals surface area contributed by atoms with Crippen molar-refractivity contribution in [2.45, 2.75) is 32.3 Å². The molecule has 0 aliphatic heterocycles. The molecule has 1 atom stereocenters. The third-order valence-electron chi connectivity index (χ3n) is 5.30. The minimum atomic E-state index is -0.884. The van der Waals surface area contributed by atoms with Crippen LogP contribution in [0, 0.1) is 0 Å². The van der Waals surface area contributed by atoms with Crippen LogP contribution in [0.1, 0.15) is 52.9 Å². The van der Waals surface area contributed by atoms with Gasteiger partial charge in [0.15, 0.2) is 0 Å². The molecule has 0 fully saturated rings. The number of rotatable bonds is 9. The standard InChI is InChI=1S/C26H29NO3.ClH/c1-18(2)24-16-22(12-13-23(24)26(29)30)20-10-8-19(9-11-20)14-15-27-17-25(28)21-6-4-3-5-7-21;/h3-13,16,18,25,27-28H,14-15,17H2,1-2H3,(H,29,30);1H/t25-;/m0./s1. The highest BCUT2D eigenvalue weighted by Gasteiger charge is 2.14. The molecule has 5 heteroatoms. The van der Waals surface area contributed by atoms with Crippen LogP contribution in [0.2, 0.25) is 0 Å². The number of hydrogen-bond donors (Lipinski definition) is 3. The summed E-state index contributed by atoms with van der Waals surface area (Å²) >= 11 is 0. The number of halogens is 1. The van der Waals surface area contributed by atoms with Crippen LogP contribution in [0.5, 0.6) is 0 Å². The molecule has 31 heavy (non-hydrogen) atoms. The summed E-state index contributed by atoms with van der Waals surface area (Å²) in [7, 11) is 0. The second-order valence-corrected chi connectivity index (χ2v) is 7.84. The van der Waals surface area contributed by atoms with Crippen LogP contribution >= 0.6 is 12.4 Å². The van der Waals surface area contributed by atoms with Crippen molar-refractivity contribution in [3.63, 3.8) is 0 Å². The Hall–Kier alpha value is -2.66. The Morgan fingerprint density at radius 1 is 0.935 bits per heavy atom. The number of carboxylic acids is 1. The molecule has 0 unspecified atom stereocenters. The normalized spacial score (nSPS) is 11.7. The Morgan fingerprint density at radius 3 is 2.19 bits per heavy atom. The zero-order valence-electron chi connectivity index (χ0n) is 17.9. The van der Waals surface area contributed by atoms with E-state index in [0.29, 0.717) is 12.1 Å².